The predicted octanol–water partition coefficient (Wildman–Crippen LogP) is 0.864. The van der Waals surface area contributed by atoms with Crippen LogP contribution in [-0.2, 0) is 14.6 Å². The van der Waals surface area contributed by atoms with Gasteiger partial charge in [-0.3, -0.25) is 9.59 Å². The Morgan fingerprint density at radius 3 is 2.30 bits per heavy atom. The second-order valence-electron chi connectivity index (χ2n) is 7.70. The lowest BCUT2D eigenvalue weighted by atomic mass is 10.0. The molecule has 1 aliphatic carbocycles. The fourth-order valence-corrected chi connectivity index (χ4v) is 6.20. The molecule has 2 aliphatic heterocycles. The van der Waals surface area contributed by atoms with E-state index in [1.54, 1.807) is 35.1 Å². The molecule has 0 aromatic heterocycles. The highest BCUT2D eigenvalue weighted by molar-refractivity contribution is 7.91. The van der Waals surface area contributed by atoms with Gasteiger partial charge in [-0.05, 0) is 43.5 Å². The van der Waals surface area contributed by atoms with Crippen molar-refractivity contribution >= 4 is 21.7 Å². The number of benzene rings is 1. The fourth-order valence-electron chi connectivity index (χ4n) is 4.22. The van der Waals surface area contributed by atoms with Crippen LogP contribution in [0.15, 0.2) is 18.2 Å². The molecule has 3 fully saturated rings. The molecule has 27 heavy (non-hydrogen) atoms. The normalized spacial score (nSPS) is 26.6. The maximum absolute atomic E-state index is 13.1. The molecule has 1 saturated carbocycles. The molecule has 2 heterocycles. The zero-order valence-electron chi connectivity index (χ0n) is 15.6. The summed E-state index contributed by atoms with van der Waals surface area (Å²) in [6.45, 7) is 2.62. The van der Waals surface area contributed by atoms with Gasteiger partial charge in [0.25, 0.3) is 5.91 Å². The topological polar surface area (TPSA) is 84.0 Å². The summed E-state index contributed by atoms with van der Waals surface area (Å²) in [6.07, 6.45) is 1.76. The Bertz CT molecular complexity index is 893. The van der Waals surface area contributed by atoms with Gasteiger partial charge in [0.1, 0.15) is 5.75 Å². The zero-order valence-corrected chi connectivity index (χ0v) is 16.4. The van der Waals surface area contributed by atoms with Crippen LogP contribution in [0.2, 0.25) is 0 Å². The number of methoxy groups -OCH3 is 1. The molecule has 0 N–H and O–H groups in total. The summed E-state index contributed by atoms with van der Waals surface area (Å²) in [5.74, 6) is 0.475. The number of ether oxygens (including phenoxy) is 1. The molecule has 0 bridgehead atoms. The van der Waals surface area contributed by atoms with E-state index in [-0.39, 0.29) is 29.2 Å². The van der Waals surface area contributed by atoms with Crippen molar-refractivity contribution in [3.8, 4) is 5.75 Å². The molecule has 0 unspecified atom stereocenters. The van der Waals surface area contributed by atoms with Crippen molar-refractivity contribution in [3.05, 3.63) is 29.3 Å². The highest BCUT2D eigenvalue weighted by Gasteiger charge is 2.51. The molecule has 0 radical (unpaired) electrons. The Morgan fingerprint density at radius 1 is 1.07 bits per heavy atom. The summed E-state index contributed by atoms with van der Waals surface area (Å²) < 4.78 is 29.8. The Balaban J connectivity index is 1.61. The van der Waals surface area contributed by atoms with Gasteiger partial charge in [0.2, 0.25) is 5.91 Å². The second kappa shape index (κ2) is 6.51. The Kier molecular flexibility index (Phi) is 4.41. The Hall–Kier alpha value is -2.09. The quantitative estimate of drug-likeness (QED) is 0.762. The van der Waals surface area contributed by atoms with Gasteiger partial charge >= 0.3 is 0 Å². The zero-order chi connectivity index (χ0) is 19.3. The maximum atomic E-state index is 13.1. The van der Waals surface area contributed by atoms with Gasteiger partial charge in [-0.25, -0.2) is 8.42 Å². The number of fused-ring (bicyclic) bond motifs is 1. The number of carbonyl (C=O) groups is 2. The van der Waals surface area contributed by atoms with Gasteiger partial charge < -0.3 is 14.5 Å². The van der Waals surface area contributed by atoms with Crippen LogP contribution in [0.25, 0.3) is 0 Å². The molecular weight excluding hydrogens is 368 g/mol. The van der Waals surface area contributed by atoms with Crippen molar-refractivity contribution in [1.82, 2.24) is 9.80 Å². The summed E-state index contributed by atoms with van der Waals surface area (Å²) in [6, 6.07) is 4.31. The smallest absolute Gasteiger partial charge is 0.254 e. The van der Waals surface area contributed by atoms with Crippen LogP contribution in [0.5, 0.6) is 5.75 Å². The van der Waals surface area contributed by atoms with Crippen LogP contribution < -0.4 is 4.74 Å². The predicted molar refractivity (Wildman–Crippen MR) is 99.4 cm³/mol. The number of nitrogens with zero attached hydrogens (tertiary/aromatic N) is 2. The number of amides is 2. The van der Waals surface area contributed by atoms with E-state index >= 15 is 0 Å². The molecule has 0 spiro atoms. The lowest BCUT2D eigenvalue weighted by molar-refractivity contribution is -0.137. The molecule has 2 atom stereocenters. The minimum atomic E-state index is -3.28. The largest absolute Gasteiger partial charge is 0.496 e. The van der Waals surface area contributed by atoms with Gasteiger partial charge in [0, 0.05) is 24.6 Å². The van der Waals surface area contributed by atoms with E-state index < -0.39 is 21.9 Å². The van der Waals surface area contributed by atoms with Gasteiger partial charge in [0.15, 0.2) is 9.84 Å². The van der Waals surface area contributed by atoms with E-state index in [1.807, 2.05) is 6.92 Å². The Labute approximate surface area is 159 Å². The first kappa shape index (κ1) is 18.3. The summed E-state index contributed by atoms with van der Waals surface area (Å²) in [4.78, 5) is 29.1. The first-order chi connectivity index (χ1) is 12.8. The third-order valence-corrected chi connectivity index (χ3v) is 7.49. The molecule has 2 amide bonds. The first-order valence-corrected chi connectivity index (χ1v) is 11.1. The maximum Gasteiger partial charge on any atom is 0.254 e. The summed E-state index contributed by atoms with van der Waals surface area (Å²) >= 11 is 0. The van der Waals surface area contributed by atoms with E-state index in [2.05, 4.69) is 0 Å². The van der Waals surface area contributed by atoms with Crippen LogP contribution in [0.1, 0.15) is 28.8 Å². The number of rotatable bonds is 3. The average Bonchev–Trinajstić information content (AvgIpc) is 3.41. The molecule has 3 aliphatic rings. The summed E-state index contributed by atoms with van der Waals surface area (Å²) in [5, 5.41) is 0. The van der Waals surface area contributed by atoms with Gasteiger partial charge in [-0.1, -0.05) is 0 Å². The average molecular weight is 392 g/mol. The molecule has 4 rings (SSSR count). The monoisotopic (exact) mass is 392 g/mol. The number of aryl methyl sites for hydroxylation is 1. The van der Waals surface area contributed by atoms with Crippen LogP contribution in [0.4, 0.5) is 0 Å². The third-order valence-electron chi connectivity index (χ3n) is 5.79. The number of piperazine rings is 1. The van der Waals surface area contributed by atoms with E-state index in [0.717, 1.165) is 18.4 Å². The number of sulfone groups is 1. The molecule has 1 aromatic rings. The molecule has 7 nitrogen and oxygen atoms in total. The van der Waals surface area contributed by atoms with Crippen molar-refractivity contribution < 1.29 is 22.7 Å². The highest BCUT2D eigenvalue weighted by Crippen LogP contribution is 2.35. The van der Waals surface area contributed by atoms with Gasteiger partial charge in [-0.2, -0.15) is 0 Å². The van der Waals surface area contributed by atoms with Crippen molar-refractivity contribution in [2.24, 2.45) is 5.92 Å². The second-order valence-corrected chi connectivity index (χ2v) is 9.85. The van der Waals surface area contributed by atoms with Crippen LogP contribution in [0, 0.1) is 12.8 Å². The summed E-state index contributed by atoms with van der Waals surface area (Å²) in [5.41, 5.74) is 1.36. The standard InChI is InChI=1S/C19H24N2O5S/c1-12-9-14(5-6-17(12)26-2)19(23)21-8-7-20(18(22)13-3-4-13)15-10-27(24,25)11-16(15)21/h5-6,9,13,15-16H,3-4,7-8,10-11H2,1-2H3/t15-,16+/m1/s1. The van der Waals surface area contributed by atoms with Crippen molar-refractivity contribution in [2.75, 3.05) is 31.7 Å². The lowest BCUT2D eigenvalue weighted by Crippen LogP contribution is -2.62. The third kappa shape index (κ3) is 3.31. The molecule has 2 saturated heterocycles. The van der Waals surface area contributed by atoms with Crippen molar-refractivity contribution in [1.29, 1.82) is 0 Å². The Morgan fingerprint density at radius 2 is 1.70 bits per heavy atom. The minimum Gasteiger partial charge on any atom is -0.496 e. The van der Waals surface area contributed by atoms with Crippen LogP contribution >= 0.6 is 0 Å². The van der Waals surface area contributed by atoms with Crippen LogP contribution in [0.3, 0.4) is 0 Å². The SMILES string of the molecule is COc1ccc(C(=O)N2CCN(C(=O)C3CC3)[C@@H]3CS(=O)(=O)C[C@@H]32)cc1C. The van der Waals surface area contributed by atoms with Crippen molar-refractivity contribution in [2.45, 2.75) is 31.8 Å². The number of carbonyl (C=O) groups excluding carboxylic acids is 2. The molecular formula is C19H24N2O5S. The van der Waals surface area contributed by atoms with E-state index in [9.17, 15) is 18.0 Å². The van der Waals surface area contributed by atoms with E-state index in [1.165, 1.54) is 0 Å². The van der Waals surface area contributed by atoms with Gasteiger partial charge in [-0.15, -0.1) is 0 Å². The molecule has 146 valence electrons. The van der Waals surface area contributed by atoms with Gasteiger partial charge in [0.05, 0.1) is 30.7 Å². The van der Waals surface area contributed by atoms with E-state index in [0.29, 0.717) is 24.4 Å². The lowest BCUT2D eigenvalue weighted by Gasteiger charge is -2.44. The number of hydrogen-bond donors (Lipinski definition) is 0. The van der Waals surface area contributed by atoms with E-state index in [4.69, 9.17) is 4.74 Å². The van der Waals surface area contributed by atoms with Crippen molar-refractivity contribution in [3.63, 3.8) is 0 Å². The van der Waals surface area contributed by atoms with Crippen LogP contribution in [-0.4, -0.2) is 73.8 Å². The molecule has 1 aromatic carbocycles. The molecule has 8 heteroatoms. The number of hydrogen-bond acceptors (Lipinski definition) is 5. The summed E-state index contributed by atoms with van der Waals surface area (Å²) in [7, 11) is -1.70. The minimum absolute atomic E-state index is 0.0421. The first-order valence-electron chi connectivity index (χ1n) is 9.27. The fraction of sp³-hybridized carbons (Fsp3) is 0.579. The highest BCUT2D eigenvalue weighted by atomic mass is 32.2.